The molecule has 148 valence electrons. The first-order valence-electron chi connectivity index (χ1n) is 8.49. The Hall–Kier alpha value is -2.57. The molecule has 2 aromatic rings. The zero-order valence-corrected chi connectivity index (χ0v) is 16.9. The monoisotopic (exact) mass is 423 g/mol. The molecule has 0 spiro atoms. The lowest BCUT2D eigenvalue weighted by Crippen LogP contribution is -2.28. The van der Waals surface area contributed by atoms with E-state index in [1.165, 1.54) is 30.1 Å². The molecule has 28 heavy (non-hydrogen) atoms. The molecule has 0 bridgehead atoms. The number of nitrogens with two attached hydrogens (primary N) is 1. The average molecular weight is 424 g/mol. The maximum atomic E-state index is 14.1. The van der Waals surface area contributed by atoms with Gasteiger partial charge < -0.3 is 16.0 Å². The van der Waals surface area contributed by atoms with Crippen molar-refractivity contribution in [3.05, 3.63) is 63.4 Å². The Morgan fingerprint density at radius 1 is 1.29 bits per heavy atom. The number of nitrogens with one attached hydrogen (secondary N) is 1. The van der Waals surface area contributed by atoms with Crippen LogP contribution in [0.15, 0.2) is 41.4 Å². The van der Waals surface area contributed by atoms with Crippen LogP contribution in [0.5, 0.6) is 0 Å². The Labute approximate surface area is 172 Å². The number of halogens is 3. The van der Waals surface area contributed by atoms with Gasteiger partial charge in [0.15, 0.2) is 0 Å². The van der Waals surface area contributed by atoms with Crippen molar-refractivity contribution in [2.75, 3.05) is 23.8 Å². The molecule has 0 aromatic heterocycles. The van der Waals surface area contributed by atoms with Gasteiger partial charge in [-0.05, 0) is 42.8 Å². The minimum atomic E-state index is -0.688. The van der Waals surface area contributed by atoms with E-state index in [1.807, 2.05) is 6.92 Å². The fourth-order valence-corrected chi connectivity index (χ4v) is 3.15. The minimum absolute atomic E-state index is 0.0413. The number of carbonyl (C=O) groups excluding carboxylic acids is 2. The molecule has 0 aliphatic carbocycles. The standard InChI is InChI=1S/C20H20Cl2FN3O2/c1-3-25-16-10-12(9-13(21)11-18(24)27)7-8-17(16)26(2)20(28)19-14(22)5-4-6-15(19)23/h4-10,25H,3,11H2,1-2H3,(H2,24,27)/b13-9-. The van der Waals surface area contributed by atoms with Crippen molar-refractivity contribution in [1.29, 1.82) is 0 Å². The minimum Gasteiger partial charge on any atom is -0.384 e. The van der Waals surface area contributed by atoms with E-state index in [-0.39, 0.29) is 17.0 Å². The van der Waals surface area contributed by atoms with E-state index < -0.39 is 17.6 Å². The number of hydrogen-bond acceptors (Lipinski definition) is 3. The van der Waals surface area contributed by atoms with E-state index in [2.05, 4.69) is 5.32 Å². The van der Waals surface area contributed by atoms with Gasteiger partial charge in [-0.25, -0.2) is 4.39 Å². The number of nitrogens with zero attached hydrogens (tertiary/aromatic N) is 1. The van der Waals surface area contributed by atoms with Crippen molar-refractivity contribution < 1.29 is 14.0 Å². The van der Waals surface area contributed by atoms with Crippen LogP contribution in [0.4, 0.5) is 15.8 Å². The summed E-state index contributed by atoms with van der Waals surface area (Å²) in [6.07, 6.45) is 1.55. The number of anilines is 2. The molecule has 0 saturated carbocycles. The summed E-state index contributed by atoms with van der Waals surface area (Å²) in [4.78, 5) is 25.1. The molecule has 2 rings (SSSR count). The van der Waals surface area contributed by atoms with Gasteiger partial charge >= 0.3 is 0 Å². The quantitative estimate of drug-likeness (QED) is 0.680. The fourth-order valence-electron chi connectivity index (χ4n) is 2.65. The van der Waals surface area contributed by atoms with Gasteiger partial charge in [0.05, 0.1) is 28.4 Å². The van der Waals surface area contributed by atoms with Gasteiger partial charge in [-0.15, -0.1) is 0 Å². The molecule has 3 N–H and O–H groups in total. The summed E-state index contributed by atoms with van der Waals surface area (Å²) in [7, 11) is 1.54. The van der Waals surface area contributed by atoms with Crippen molar-refractivity contribution in [2.45, 2.75) is 13.3 Å². The predicted molar refractivity (Wildman–Crippen MR) is 112 cm³/mol. The van der Waals surface area contributed by atoms with Crippen molar-refractivity contribution in [1.82, 2.24) is 0 Å². The lowest BCUT2D eigenvalue weighted by Gasteiger charge is -2.22. The van der Waals surface area contributed by atoms with Gasteiger partial charge in [0.2, 0.25) is 5.91 Å². The van der Waals surface area contributed by atoms with Crippen molar-refractivity contribution in [3.8, 4) is 0 Å². The van der Waals surface area contributed by atoms with E-state index in [9.17, 15) is 14.0 Å². The molecule has 5 nitrogen and oxygen atoms in total. The molecule has 0 fully saturated rings. The smallest absolute Gasteiger partial charge is 0.262 e. The highest BCUT2D eigenvalue weighted by molar-refractivity contribution is 6.34. The molecule has 2 amide bonds. The highest BCUT2D eigenvalue weighted by Crippen LogP contribution is 2.30. The number of rotatable bonds is 7. The normalized spacial score (nSPS) is 11.2. The first-order chi connectivity index (χ1) is 13.2. The van der Waals surface area contributed by atoms with Gasteiger partial charge in [0.25, 0.3) is 5.91 Å². The Morgan fingerprint density at radius 2 is 2.00 bits per heavy atom. The largest absolute Gasteiger partial charge is 0.384 e. The summed E-state index contributed by atoms with van der Waals surface area (Å²) in [5.74, 6) is -1.79. The average Bonchev–Trinajstić information content (AvgIpc) is 2.60. The van der Waals surface area contributed by atoms with Crippen LogP contribution in [0.25, 0.3) is 6.08 Å². The second kappa shape index (κ2) is 9.57. The third-order valence-electron chi connectivity index (χ3n) is 3.90. The van der Waals surface area contributed by atoms with Crippen molar-refractivity contribution in [2.24, 2.45) is 5.73 Å². The first-order valence-corrected chi connectivity index (χ1v) is 9.24. The van der Waals surface area contributed by atoms with Crippen molar-refractivity contribution >= 4 is 52.5 Å². The molecule has 0 saturated heterocycles. The number of amides is 2. The van der Waals surface area contributed by atoms with Crippen LogP contribution in [-0.4, -0.2) is 25.4 Å². The van der Waals surface area contributed by atoms with E-state index >= 15 is 0 Å². The van der Waals surface area contributed by atoms with Gasteiger partial charge in [-0.1, -0.05) is 35.3 Å². The Kier molecular flexibility index (Phi) is 7.43. The second-order valence-corrected chi connectivity index (χ2v) is 6.89. The fraction of sp³-hybridized carbons (Fsp3) is 0.200. The lowest BCUT2D eigenvalue weighted by atomic mass is 10.1. The number of hydrogen-bond donors (Lipinski definition) is 2. The Morgan fingerprint density at radius 3 is 2.61 bits per heavy atom. The van der Waals surface area contributed by atoms with E-state index in [4.69, 9.17) is 28.9 Å². The van der Waals surface area contributed by atoms with Crippen LogP contribution in [-0.2, 0) is 4.79 Å². The van der Waals surface area contributed by atoms with Crippen LogP contribution in [0.2, 0.25) is 5.02 Å². The molecule has 8 heteroatoms. The van der Waals surface area contributed by atoms with Crippen LogP contribution in [0.3, 0.4) is 0 Å². The molecule has 0 aliphatic heterocycles. The highest BCUT2D eigenvalue weighted by atomic mass is 35.5. The summed E-state index contributed by atoms with van der Waals surface area (Å²) in [6, 6.07) is 9.29. The van der Waals surface area contributed by atoms with Crippen LogP contribution < -0.4 is 16.0 Å². The Bertz CT molecular complexity index is 911. The molecule has 0 atom stereocenters. The first kappa shape index (κ1) is 21.7. The molecule has 0 heterocycles. The maximum absolute atomic E-state index is 14.1. The third kappa shape index (κ3) is 5.24. The lowest BCUT2D eigenvalue weighted by molar-refractivity contribution is -0.117. The number of carbonyl (C=O) groups is 2. The van der Waals surface area contributed by atoms with Gasteiger partial charge in [0, 0.05) is 18.6 Å². The van der Waals surface area contributed by atoms with Crippen LogP contribution in [0, 0.1) is 5.82 Å². The molecule has 0 unspecified atom stereocenters. The zero-order valence-electron chi connectivity index (χ0n) is 15.4. The molecule has 2 aromatic carbocycles. The molecule has 0 aliphatic rings. The van der Waals surface area contributed by atoms with E-state index in [1.54, 1.807) is 24.3 Å². The topological polar surface area (TPSA) is 75.4 Å². The van der Waals surface area contributed by atoms with Gasteiger partial charge in [0.1, 0.15) is 5.82 Å². The predicted octanol–water partition coefficient (Wildman–Crippen LogP) is 4.64. The zero-order chi connectivity index (χ0) is 20.8. The molecular formula is C20H20Cl2FN3O2. The van der Waals surface area contributed by atoms with Gasteiger partial charge in [-0.3, -0.25) is 9.59 Å². The van der Waals surface area contributed by atoms with Gasteiger partial charge in [-0.2, -0.15) is 0 Å². The molecular weight excluding hydrogens is 404 g/mol. The van der Waals surface area contributed by atoms with E-state index in [0.29, 0.717) is 23.0 Å². The van der Waals surface area contributed by atoms with Crippen LogP contribution >= 0.6 is 23.2 Å². The third-order valence-corrected chi connectivity index (χ3v) is 4.45. The van der Waals surface area contributed by atoms with Crippen molar-refractivity contribution in [3.63, 3.8) is 0 Å². The SMILES string of the molecule is CCNc1cc(/C=C(\Cl)CC(N)=O)ccc1N(C)C(=O)c1c(F)cccc1Cl. The number of benzene rings is 2. The summed E-state index contributed by atoms with van der Waals surface area (Å²) >= 11 is 12.0. The summed E-state index contributed by atoms with van der Waals surface area (Å²) in [6.45, 7) is 2.50. The summed E-state index contributed by atoms with van der Waals surface area (Å²) in [5.41, 5.74) is 6.84. The maximum Gasteiger partial charge on any atom is 0.262 e. The molecule has 0 radical (unpaired) electrons. The van der Waals surface area contributed by atoms with Crippen LogP contribution in [0.1, 0.15) is 29.3 Å². The second-order valence-electron chi connectivity index (χ2n) is 6.00. The summed E-state index contributed by atoms with van der Waals surface area (Å²) in [5, 5.41) is 3.50. The van der Waals surface area contributed by atoms with E-state index in [0.717, 1.165) is 5.56 Å². The summed E-state index contributed by atoms with van der Waals surface area (Å²) < 4.78 is 14.1. The number of primary amides is 1. The highest BCUT2D eigenvalue weighted by Gasteiger charge is 2.22. The Balaban J connectivity index is 2.41.